The molecule has 5 nitrogen and oxygen atoms in total. The molecule has 2 N–H and O–H groups in total. The first-order chi connectivity index (χ1) is 13.2. The molecule has 0 aliphatic carbocycles. The van der Waals surface area contributed by atoms with Gasteiger partial charge in [-0.3, -0.25) is 4.90 Å². The van der Waals surface area contributed by atoms with E-state index in [4.69, 9.17) is 4.74 Å². The summed E-state index contributed by atoms with van der Waals surface area (Å²) in [6.07, 6.45) is -3.69. The van der Waals surface area contributed by atoms with Crippen molar-refractivity contribution < 1.29 is 22.3 Å². The van der Waals surface area contributed by atoms with Crippen LogP contribution in [0.5, 0.6) is 5.75 Å². The van der Waals surface area contributed by atoms with Crippen LogP contribution in [0.3, 0.4) is 0 Å². The molecule has 0 radical (unpaired) electrons. The number of rotatable bonds is 8. The van der Waals surface area contributed by atoms with Crippen molar-refractivity contribution in [2.45, 2.75) is 32.5 Å². The summed E-state index contributed by atoms with van der Waals surface area (Å²) in [6.45, 7) is 5.37. The van der Waals surface area contributed by atoms with E-state index in [-0.39, 0.29) is 17.8 Å². The molecule has 1 aromatic carbocycles. The normalized spacial score (nSPS) is 19.5. The zero-order valence-electron chi connectivity index (χ0n) is 16.2. The number of likely N-dealkylation sites (tertiary alicyclic amines) is 1. The second-order valence-corrected chi connectivity index (χ2v) is 6.99. The van der Waals surface area contributed by atoms with Gasteiger partial charge in [-0.1, -0.05) is 6.07 Å². The second kappa shape index (κ2) is 10.5. The molecule has 2 rings (SSSR count). The Kier molecular flexibility index (Phi) is 8.35. The highest BCUT2D eigenvalue weighted by Crippen LogP contribution is 2.22. The summed E-state index contributed by atoms with van der Waals surface area (Å²) in [5.74, 6) is 0.814. The quantitative estimate of drug-likeness (QED) is 0.397. The lowest BCUT2D eigenvalue weighted by molar-refractivity contribution is -0.143. The van der Waals surface area contributed by atoms with Crippen LogP contribution in [-0.2, 0) is 0 Å². The first-order valence-corrected chi connectivity index (χ1v) is 9.48. The number of hydrogen-bond donors (Lipinski definition) is 2. The van der Waals surface area contributed by atoms with E-state index in [0.29, 0.717) is 44.4 Å². The Balaban J connectivity index is 1.78. The molecule has 1 aromatic rings. The Labute approximate surface area is 163 Å². The molecule has 1 aliphatic heterocycles. The van der Waals surface area contributed by atoms with Gasteiger partial charge in [0.25, 0.3) is 0 Å². The van der Waals surface area contributed by atoms with E-state index in [2.05, 4.69) is 15.6 Å². The third kappa shape index (κ3) is 8.33. The molecule has 2 atom stereocenters. The van der Waals surface area contributed by atoms with Gasteiger partial charge in [-0.2, -0.15) is 13.2 Å². The highest BCUT2D eigenvalue weighted by atomic mass is 19.4. The molecular weight excluding hydrogens is 376 g/mol. The number of aliphatic imine (C=N–C) groups is 1. The van der Waals surface area contributed by atoms with Crippen LogP contribution in [0.4, 0.5) is 17.6 Å². The first kappa shape index (κ1) is 22.3. The van der Waals surface area contributed by atoms with Crippen LogP contribution >= 0.6 is 0 Å². The van der Waals surface area contributed by atoms with E-state index in [0.717, 1.165) is 6.42 Å². The van der Waals surface area contributed by atoms with Gasteiger partial charge in [-0.05, 0) is 44.9 Å². The summed E-state index contributed by atoms with van der Waals surface area (Å²) in [4.78, 5) is 5.89. The van der Waals surface area contributed by atoms with Crippen LogP contribution < -0.4 is 15.4 Å². The molecular formula is C19H28F4N4O. The molecule has 1 aliphatic rings. The largest absolute Gasteiger partial charge is 0.489 e. The number of hydrogen-bond acceptors (Lipinski definition) is 3. The van der Waals surface area contributed by atoms with Gasteiger partial charge in [0.05, 0.1) is 13.1 Å². The van der Waals surface area contributed by atoms with E-state index in [1.165, 1.54) is 17.0 Å². The summed E-state index contributed by atoms with van der Waals surface area (Å²) < 4.78 is 56.3. The molecule has 1 fully saturated rings. The number of nitrogens with one attached hydrogen (secondary N) is 2. The number of ether oxygens (including phenoxy) is 1. The van der Waals surface area contributed by atoms with Gasteiger partial charge in [-0.15, -0.1) is 0 Å². The standard InChI is InChI=1S/C19H28F4N4O/c1-3-24-18(25-10-14(2)28-17-6-4-5-16(20)9-17)26-11-15-7-8-27(12-15)13-19(21,22)23/h4-6,9,14-15H,3,7-8,10-13H2,1-2H3,(H2,24,25,26). The van der Waals surface area contributed by atoms with Crippen molar-refractivity contribution in [3.8, 4) is 5.75 Å². The minimum atomic E-state index is -4.16. The van der Waals surface area contributed by atoms with Gasteiger partial charge in [-0.25, -0.2) is 9.38 Å². The van der Waals surface area contributed by atoms with Crippen LogP contribution in [-0.4, -0.2) is 62.4 Å². The van der Waals surface area contributed by atoms with Crippen molar-refractivity contribution in [3.05, 3.63) is 30.1 Å². The number of halogens is 4. The van der Waals surface area contributed by atoms with Crippen molar-refractivity contribution in [3.63, 3.8) is 0 Å². The zero-order valence-corrected chi connectivity index (χ0v) is 16.2. The predicted molar refractivity (Wildman–Crippen MR) is 101 cm³/mol. The van der Waals surface area contributed by atoms with Gasteiger partial charge in [0.2, 0.25) is 0 Å². The van der Waals surface area contributed by atoms with E-state index < -0.39 is 12.7 Å². The molecule has 1 heterocycles. The van der Waals surface area contributed by atoms with Crippen LogP contribution in [0.2, 0.25) is 0 Å². The Morgan fingerprint density at radius 3 is 2.82 bits per heavy atom. The van der Waals surface area contributed by atoms with Gasteiger partial charge >= 0.3 is 6.18 Å². The minimum Gasteiger partial charge on any atom is -0.489 e. The fourth-order valence-corrected chi connectivity index (χ4v) is 3.09. The molecule has 158 valence electrons. The van der Waals surface area contributed by atoms with Crippen LogP contribution in [0, 0.1) is 11.7 Å². The number of benzene rings is 1. The fraction of sp³-hybridized carbons (Fsp3) is 0.632. The lowest BCUT2D eigenvalue weighted by atomic mass is 10.1. The zero-order chi connectivity index (χ0) is 20.6. The molecule has 9 heteroatoms. The fourth-order valence-electron chi connectivity index (χ4n) is 3.09. The summed E-state index contributed by atoms with van der Waals surface area (Å²) in [5, 5.41) is 6.30. The molecule has 0 spiro atoms. The van der Waals surface area contributed by atoms with Crippen molar-refractivity contribution in [1.82, 2.24) is 15.5 Å². The summed E-state index contributed by atoms with van der Waals surface area (Å²) in [7, 11) is 0. The molecule has 28 heavy (non-hydrogen) atoms. The monoisotopic (exact) mass is 404 g/mol. The third-order valence-electron chi connectivity index (χ3n) is 4.32. The summed E-state index contributed by atoms with van der Waals surface area (Å²) in [6, 6.07) is 5.92. The number of nitrogens with zero attached hydrogens (tertiary/aromatic N) is 2. The van der Waals surface area contributed by atoms with E-state index in [1.54, 1.807) is 12.1 Å². The Morgan fingerprint density at radius 1 is 1.36 bits per heavy atom. The van der Waals surface area contributed by atoms with Crippen molar-refractivity contribution in [1.29, 1.82) is 0 Å². The smallest absolute Gasteiger partial charge is 0.401 e. The average molecular weight is 404 g/mol. The van der Waals surface area contributed by atoms with Crippen molar-refractivity contribution in [2.24, 2.45) is 10.9 Å². The van der Waals surface area contributed by atoms with Crippen LogP contribution in [0.25, 0.3) is 0 Å². The van der Waals surface area contributed by atoms with Gasteiger partial charge in [0, 0.05) is 25.7 Å². The molecule has 2 unspecified atom stereocenters. The molecule has 0 saturated carbocycles. The first-order valence-electron chi connectivity index (χ1n) is 9.48. The van der Waals surface area contributed by atoms with E-state index in [9.17, 15) is 17.6 Å². The third-order valence-corrected chi connectivity index (χ3v) is 4.32. The molecule has 1 saturated heterocycles. The lowest BCUT2D eigenvalue weighted by Crippen LogP contribution is -2.41. The highest BCUT2D eigenvalue weighted by molar-refractivity contribution is 5.79. The van der Waals surface area contributed by atoms with Gasteiger partial charge in [0.1, 0.15) is 17.7 Å². The second-order valence-electron chi connectivity index (χ2n) is 6.99. The van der Waals surface area contributed by atoms with Gasteiger partial charge in [0.15, 0.2) is 5.96 Å². The summed E-state index contributed by atoms with van der Waals surface area (Å²) >= 11 is 0. The van der Waals surface area contributed by atoms with E-state index in [1.807, 2.05) is 13.8 Å². The lowest BCUT2D eigenvalue weighted by Gasteiger charge is -2.19. The maximum Gasteiger partial charge on any atom is 0.401 e. The molecule has 0 aromatic heterocycles. The topological polar surface area (TPSA) is 48.9 Å². The predicted octanol–water partition coefficient (Wildman–Crippen LogP) is 3.03. The Hall–Kier alpha value is -2.03. The molecule has 0 amide bonds. The highest BCUT2D eigenvalue weighted by Gasteiger charge is 2.34. The van der Waals surface area contributed by atoms with Crippen molar-refractivity contribution >= 4 is 5.96 Å². The summed E-state index contributed by atoms with van der Waals surface area (Å²) in [5.41, 5.74) is 0. The van der Waals surface area contributed by atoms with Crippen molar-refractivity contribution in [2.75, 3.05) is 39.3 Å². The molecule has 0 bridgehead atoms. The maximum absolute atomic E-state index is 13.2. The van der Waals surface area contributed by atoms with Crippen LogP contribution in [0.15, 0.2) is 29.3 Å². The number of guanidine groups is 1. The minimum absolute atomic E-state index is 0.146. The number of alkyl halides is 3. The Bertz CT molecular complexity index is 639. The maximum atomic E-state index is 13.2. The Morgan fingerprint density at radius 2 is 2.14 bits per heavy atom. The van der Waals surface area contributed by atoms with Gasteiger partial charge < -0.3 is 15.4 Å². The van der Waals surface area contributed by atoms with E-state index >= 15 is 0 Å². The average Bonchev–Trinajstić information content (AvgIpc) is 3.03. The SMILES string of the molecule is CCNC(=NCC(C)Oc1cccc(F)c1)NCC1CCN(CC(F)(F)F)C1. The van der Waals surface area contributed by atoms with Crippen LogP contribution in [0.1, 0.15) is 20.3 Å².